The maximum Gasteiger partial charge on any atom is 0.191 e. The number of likely N-dealkylation sites (tertiary alicyclic amines) is 1. The van der Waals surface area contributed by atoms with Crippen molar-refractivity contribution in [3.63, 3.8) is 0 Å². The Bertz CT molecular complexity index is 507. The number of hydrogen-bond donors (Lipinski definition) is 1. The summed E-state index contributed by atoms with van der Waals surface area (Å²) in [5.74, 6) is 1.56. The fourth-order valence-corrected chi connectivity index (χ4v) is 3.23. The molecule has 2 rings (SSSR count). The van der Waals surface area contributed by atoms with Crippen LogP contribution in [0.4, 0.5) is 0 Å². The minimum atomic E-state index is 0.225. The van der Waals surface area contributed by atoms with Crippen LogP contribution in [0, 0.1) is 0 Å². The predicted molar refractivity (Wildman–Crippen MR) is 96.0 cm³/mol. The van der Waals surface area contributed by atoms with E-state index in [0.717, 1.165) is 31.9 Å². The van der Waals surface area contributed by atoms with Crippen molar-refractivity contribution in [1.82, 2.24) is 9.80 Å². The number of para-hydroxylation sites is 1. The lowest BCUT2D eigenvalue weighted by molar-refractivity contribution is 0.245. The molecular formula is C18H30N4O. The largest absolute Gasteiger partial charge is 0.496 e. The summed E-state index contributed by atoms with van der Waals surface area (Å²) in [6, 6.07) is 8.47. The molecule has 128 valence electrons. The molecule has 0 radical (unpaired) electrons. The molecule has 1 heterocycles. The number of hydrogen-bond acceptors (Lipinski definition) is 3. The van der Waals surface area contributed by atoms with Crippen molar-refractivity contribution in [2.45, 2.75) is 32.7 Å². The number of benzene rings is 1. The zero-order chi connectivity index (χ0) is 16.7. The molecule has 1 unspecified atom stereocenters. The van der Waals surface area contributed by atoms with Gasteiger partial charge in [-0.1, -0.05) is 18.2 Å². The van der Waals surface area contributed by atoms with Crippen LogP contribution in [0.1, 0.15) is 38.3 Å². The highest BCUT2D eigenvalue weighted by molar-refractivity contribution is 5.78. The second-order valence-electron chi connectivity index (χ2n) is 5.87. The van der Waals surface area contributed by atoms with E-state index in [0.29, 0.717) is 12.5 Å². The van der Waals surface area contributed by atoms with E-state index in [1.165, 1.54) is 18.4 Å². The van der Waals surface area contributed by atoms with Gasteiger partial charge in [0.2, 0.25) is 0 Å². The van der Waals surface area contributed by atoms with Crippen molar-refractivity contribution in [3.8, 4) is 5.75 Å². The molecule has 0 saturated carbocycles. The van der Waals surface area contributed by atoms with Crippen LogP contribution < -0.4 is 10.5 Å². The SMILES string of the molecule is CCN(CC)C(N)=NCC(c1ccccc1OC)N1CCCC1. The molecule has 0 amide bonds. The van der Waals surface area contributed by atoms with Crippen LogP contribution in [-0.2, 0) is 0 Å². The summed E-state index contributed by atoms with van der Waals surface area (Å²) in [5, 5.41) is 0. The van der Waals surface area contributed by atoms with Crippen molar-refractivity contribution >= 4 is 5.96 Å². The highest BCUT2D eigenvalue weighted by atomic mass is 16.5. The van der Waals surface area contributed by atoms with Gasteiger partial charge in [-0.3, -0.25) is 9.89 Å². The Morgan fingerprint density at radius 3 is 2.52 bits per heavy atom. The first-order valence-electron chi connectivity index (χ1n) is 8.63. The van der Waals surface area contributed by atoms with Gasteiger partial charge in [0, 0.05) is 18.7 Å². The predicted octanol–water partition coefficient (Wildman–Crippen LogP) is 2.49. The Morgan fingerprint density at radius 2 is 1.91 bits per heavy atom. The van der Waals surface area contributed by atoms with Gasteiger partial charge < -0.3 is 15.4 Å². The van der Waals surface area contributed by atoms with Gasteiger partial charge in [-0.05, 0) is 45.8 Å². The number of rotatable bonds is 7. The van der Waals surface area contributed by atoms with Crippen molar-refractivity contribution in [2.24, 2.45) is 10.7 Å². The minimum absolute atomic E-state index is 0.225. The van der Waals surface area contributed by atoms with E-state index in [1.54, 1.807) is 7.11 Å². The number of nitrogens with zero attached hydrogens (tertiary/aromatic N) is 3. The topological polar surface area (TPSA) is 54.1 Å². The molecule has 0 bridgehead atoms. The van der Waals surface area contributed by atoms with Crippen LogP contribution in [0.15, 0.2) is 29.3 Å². The Morgan fingerprint density at radius 1 is 1.26 bits per heavy atom. The molecule has 1 aliphatic rings. The first-order chi connectivity index (χ1) is 11.2. The van der Waals surface area contributed by atoms with Gasteiger partial charge in [0.15, 0.2) is 5.96 Å². The average Bonchev–Trinajstić information content (AvgIpc) is 3.11. The molecule has 1 atom stereocenters. The van der Waals surface area contributed by atoms with Crippen molar-refractivity contribution < 1.29 is 4.74 Å². The van der Waals surface area contributed by atoms with E-state index in [4.69, 9.17) is 10.5 Å². The molecule has 0 aromatic heterocycles. The molecule has 1 aromatic carbocycles. The number of ether oxygens (including phenoxy) is 1. The Hall–Kier alpha value is -1.75. The van der Waals surface area contributed by atoms with Gasteiger partial charge in [0.1, 0.15) is 5.75 Å². The molecule has 5 heteroatoms. The first kappa shape index (κ1) is 17.6. The fourth-order valence-electron chi connectivity index (χ4n) is 3.23. The van der Waals surface area contributed by atoms with Crippen molar-refractivity contribution in [3.05, 3.63) is 29.8 Å². The van der Waals surface area contributed by atoms with Gasteiger partial charge in [0.05, 0.1) is 19.7 Å². The van der Waals surface area contributed by atoms with Gasteiger partial charge in [-0.25, -0.2) is 0 Å². The quantitative estimate of drug-likeness (QED) is 0.620. The lowest BCUT2D eigenvalue weighted by atomic mass is 10.0. The van der Waals surface area contributed by atoms with Gasteiger partial charge in [-0.15, -0.1) is 0 Å². The maximum atomic E-state index is 6.16. The van der Waals surface area contributed by atoms with Gasteiger partial charge in [-0.2, -0.15) is 0 Å². The summed E-state index contributed by atoms with van der Waals surface area (Å²) in [4.78, 5) is 9.27. The molecule has 1 saturated heterocycles. The molecule has 2 N–H and O–H groups in total. The average molecular weight is 318 g/mol. The van der Waals surface area contributed by atoms with E-state index >= 15 is 0 Å². The van der Waals surface area contributed by atoms with Crippen LogP contribution in [-0.4, -0.2) is 55.6 Å². The third-order valence-electron chi connectivity index (χ3n) is 4.59. The fraction of sp³-hybridized carbons (Fsp3) is 0.611. The van der Waals surface area contributed by atoms with Gasteiger partial charge in [0.25, 0.3) is 0 Å². The summed E-state index contributed by atoms with van der Waals surface area (Å²) < 4.78 is 5.57. The molecule has 1 fully saturated rings. The summed E-state index contributed by atoms with van der Waals surface area (Å²) in [7, 11) is 1.73. The lowest BCUT2D eigenvalue weighted by Gasteiger charge is -2.28. The number of methoxy groups -OCH3 is 1. The van der Waals surface area contributed by atoms with Crippen LogP contribution in [0.25, 0.3) is 0 Å². The van der Waals surface area contributed by atoms with Crippen LogP contribution in [0.3, 0.4) is 0 Å². The maximum absolute atomic E-state index is 6.16. The van der Waals surface area contributed by atoms with E-state index in [1.807, 2.05) is 12.1 Å². The molecular weight excluding hydrogens is 288 g/mol. The monoisotopic (exact) mass is 318 g/mol. The minimum Gasteiger partial charge on any atom is -0.496 e. The van der Waals surface area contributed by atoms with Crippen LogP contribution in [0.5, 0.6) is 5.75 Å². The Balaban J connectivity index is 2.23. The smallest absolute Gasteiger partial charge is 0.191 e. The molecule has 0 aliphatic carbocycles. The second-order valence-corrected chi connectivity index (χ2v) is 5.87. The number of guanidine groups is 1. The normalized spacial score (nSPS) is 17.3. The Kier molecular flexibility index (Phi) is 6.71. The molecule has 0 spiro atoms. The Labute approximate surface area is 140 Å². The third kappa shape index (κ3) is 4.38. The van der Waals surface area contributed by atoms with E-state index in [2.05, 4.69) is 40.8 Å². The van der Waals surface area contributed by atoms with Crippen LogP contribution in [0.2, 0.25) is 0 Å². The standard InChI is InChI=1S/C18H30N4O/c1-4-21(5-2)18(19)20-14-16(22-12-8-9-13-22)15-10-6-7-11-17(15)23-3/h6-7,10-11,16H,4-5,8-9,12-14H2,1-3H3,(H2,19,20). The third-order valence-corrected chi connectivity index (χ3v) is 4.59. The first-order valence-corrected chi connectivity index (χ1v) is 8.63. The summed E-state index contributed by atoms with van der Waals surface area (Å²) in [6.07, 6.45) is 2.50. The molecule has 1 aromatic rings. The summed E-state index contributed by atoms with van der Waals surface area (Å²) >= 11 is 0. The van der Waals surface area contributed by atoms with Gasteiger partial charge >= 0.3 is 0 Å². The summed E-state index contributed by atoms with van der Waals surface area (Å²) in [6.45, 7) is 8.87. The van der Waals surface area contributed by atoms with Crippen molar-refractivity contribution in [1.29, 1.82) is 0 Å². The van der Waals surface area contributed by atoms with E-state index in [9.17, 15) is 0 Å². The highest BCUT2D eigenvalue weighted by Crippen LogP contribution is 2.31. The number of aliphatic imine (C=N–C) groups is 1. The van der Waals surface area contributed by atoms with E-state index in [-0.39, 0.29) is 6.04 Å². The van der Waals surface area contributed by atoms with Crippen LogP contribution >= 0.6 is 0 Å². The molecule has 1 aliphatic heterocycles. The summed E-state index contributed by atoms with van der Waals surface area (Å²) in [5.41, 5.74) is 7.36. The highest BCUT2D eigenvalue weighted by Gasteiger charge is 2.25. The van der Waals surface area contributed by atoms with Crippen molar-refractivity contribution in [2.75, 3.05) is 39.8 Å². The zero-order valence-electron chi connectivity index (χ0n) is 14.7. The second kappa shape index (κ2) is 8.77. The van der Waals surface area contributed by atoms with E-state index < -0.39 is 0 Å². The number of nitrogens with two attached hydrogens (primary N) is 1. The zero-order valence-corrected chi connectivity index (χ0v) is 14.7. The lowest BCUT2D eigenvalue weighted by Crippen LogP contribution is -2.38. The molecule has 23 heavy (non-hydrogen) atoms. The molecule has 5 nitrogen and oxygen atoms in total.